The maximum atomic E-state index is 11.6. The lowest BCUT2D eigenvalue weighted by molar-refractivity contribution is -0.128. The first-order valence-corrected chi connectivity index (χ1v) is 7.85. The average molecular weight is 298 g/mol. The van der Waals surface area contributed by atoms with E-state index in [9.17, 15) is 13.2 Å². The fourth-order valence-electron chi connectivity index (χ4n) is 2.43. The second-order valence-corrected chi connectivity index (χ2v) is 6.35. The Morgan fingerprint density at radius 1 is 1.25 bits per heavy atom. The van der Waals surface area contributed by atoms with E-state index in [4.69, 9.17) is 9.88 Å². The van der Waals surface area contributed by atoms with Crippen molar-refractivity contribution in [3.8, 4) is 5.75 Å². The summed E-state index contributed by atoms with van der Waals surface area (Å²) in [6.07, 6.45) is 1.29. The molecule has 1 aliphatic heterocycles. The Labute approximate surface area is 118 Å². The minimum atomic E-state index is -3.83. The van der Waals surface area contributed by atoms with Gasteiger partial charge in [0.2, 0.25) is 15.9 Å². The number of benzene rings is 1. The van der Waals surface area contributed by atoms with Crippen molar-refractivity contribution in [2.45, 2.75) is 24.7 Å². The molecule has 6 nitrogen and oxygen atoms in total. The molecule has 1 aromatic rings. The molecule has 1 amide bonds. The Morgan fingerprint density at radius 3 is 2.25 bits per heavy atom. The average Bonchev–Trinajstić information content (AvgIpc) is 2.57. The highest BCUT2D eigenvalue weighted by molar-refractivity contribution is 7.89. The van der Waals surface area contributed by atoms with Crippen LogP contribution in [-0.4, -0.2) is 39.4 Å². The van der Waals surface area contributed by atoms with Crippen molar-refractivity contribution in [2.75, 3.05) is 20.2 Å². The summed E-state index contributed by atoms with van der Waals surface area (Å²) in [6, 6.07) is 3.27. The lowest BCUT2D eigenvalue weighted by Gasteiger charge is -2.17. The van der Waals surface area contributed by atoms with Gasteiger partial charge in [-0.05, 0) is 36.1 Å². The summed E-state index contributed by atoms with van der Waals surface area (Å²) in [6.45, 7) is 2.74. The minimum absolute atomic E-state index is 0.00461. The van der Waals surface area contributed by atoms with Gasteiger partial charge in [0.15, 0.2) is 0 Å². The maximum absolute atomic E-state index is 11.6. The van der Waals surface area contributed by atoms with E-state index in [0.717, 1.165) is 11.1 Å². The standard InChI is InChI=1S/C13H18N2O4S/c1-9(16)15-5-3-10-7-12(19-2)13(20(14,17)18)8-11(10)4-6-15/h7-8H,3-6H2,1-2H3,(H2,14,17,18). The summed E-state index contributed by atoms with van der Waals surface area (Å²) in [4.78, 5) is 13.2. The van der Waals surface area contributed by atoms with Gasteiger partial charge in [-0.2, -0.15) is 0 Å². The van der Waals surface area contributed by atoms with Crippen molar-refractivity contribution >= 4 is 15.9 Å². The Kier molecular flexibility index (Phi) is 4.01. The van der Waals surface area contributed by atoms with E-state index in [0.29, 0.717) is 25.9 Å². The van der Waals surface area contributed by atoms with Gasteiger partial charge in [-0.3, -0.25) is 4.79 Å². The van der Waals surface area contributed by atoms with Crippen LogP contribution in [0.2, 0.25) is 0 Å². The number of sulfonamides is 1. The van der Waals surface area contributed by atoms with Gasteiger partial charge in [-0.1, -0.05) is 0 Å². The largest absolute Gasteiger partial charge is 0.495 e. The normalized spacial score (nSPS) is 15.4. The molecular weight excluding hydrogens is 280 g/mol. The van der Waals surface area contributed by atoms with Crippen molar-refractivity contribution in [1.82, 2.24) is 4.90 Å². The van der Waals surface area contributed by atoms with Crippen LogP contribution in [0.1, 0.15) is 18.1 Å². The van der Waals surface area contributed by atoms with Crippen molar-refractivity contribution in [2.24, 2.45) is 5.14 Å². The predicted octanol–water partition coefficient (Wildman–Crippen LogP) is 0.290. The predicted molar refractivity (Wildman–Crippen MR) is 74.0 cm³/mol. The van der Waals surface area contributed by atoms with Gasteiger partial charge in [0.1, 0.15) is 10.6 Å². The number of primary sulfonamides is 1. The third-order valence-electron chi connectivity index (χ3n) is 3.54. The molecule has 2 rings (SSSR count). The molecule has 0 radical (unpaired) electrons. The van der Waals surface area contributed by atoms with Crippen LogP contribution in [0.15, 0.2) is 17.0 Å². The molecule has 1 aromatic carbocycles. The first-order valence-electron chi connectivity index (χ1n) is 6.31. The molecule has 110 valence electrons. The zero-order chi connectivity index (χ0) is 14.9. The lowest BCUT2D eigenvalue weighted by atomic mass is 10.0. The van der Waals surface area contributed by atoms with Crippen molar-refractivity contribution in [3.63, 3.8) is 0 Å². The number of nitrogens with two attached hydrogens (primary N) is 1. The van der Waals surface area contributed by atoms with E-state index in [-0.39, 0.29) is 16.6 Å². The number of fused-ring (bicyclic) bond motifs is 1. The second-order valence-electron chi connectivity index (χ2n) is 4.82. The van der Waals surface area contributed by atoms with Gasteiger partial charge in [0.05, 0.1) is 7.11 Å². The number of amides is 1. The molecule has 2 N–H and O–H groups in total. The topological polar surface area (TPSA) is 89.7 Å². The minimum Gasteiger partial charge on any atom is -0.495 e. The summed E-state index contributed by atoms with van der Waals surface area (Å²) in [7, 11) is -2.41. The van der Waals surface area contributed by atoms with E-state index >= 15 is 0 Å². The van der Waals surface area contributed by atoms with Gasteiger partial charge in [0.25, 0.3) is 0 Å². The molecule has 20 heavy (non-hydrogen) atoms. The SMILES string of the molecule is COc1cc2c(cc1S(N)(=O)=O)CCN(C(C)=O)CC2. The Balaban J connectivity index is 2.45. The number of rotatable bonds is 2. The van der Waals surface area contributed by atoms with Crippen LogP contribution in [0.3, 0.4) is 0 Å². The first kappa shape index (κ1) is 14.8. The first-order chi connectivity index (χ1) is 9.32. The fraction of sp³-hybridized carbons (Fsp3) is 0.462. The Morgan fingerprint density at radius 2 is 1.80 bits per heavy atom. The maximum Gasteiger partial charge on any atom is 0.241 e. The molecule has 0 aliphatic carbocycles. The zero-order valence-corrected chi connectivity index (χ0v) is 12.4. The van der Waals surface area contributed by atoms with Crippen molar-refractivity contribution < 1.29 is 17.9 Å². The Bertz CT molecular complexity index is 640. The molecule has 0 spiro atoms. The number of carbonyl (C=O) groups is 1. The van der Waals surface area contributed by atoms with E-state index in [1.165, 1.54) is 14.0 Å². The smallest absolute Gasteiger partial charge is 0.241 e. The second kappa shape index (κ2) is 5.41. The number of hydrogen-bond donors (Lipinski definition) is 1. The summed E-state index contributed by atoms with van der Waals surface area (Å²) >= 11 is 0. The number of nitrogens with zero attached hydrogens (tertiary/aromatic N) is 1. The van der Waals surface area contributed by atoms with Crippen molar-refractivity contribution in [3.05, 3.63) is 23.3 Å². The highest BCUT2D eigenvalue weighted by Gasteiger charge is 2.22. The van der Waals surface area contributed by atoms with Crippen LogP contribution in [-0.2, 0) is 27.7 Å². The molecule has 0 aromatic heterocycles. The molecule has 0 atom stereocenters. The highest BCUT2D eigenvalue weighted by atomic mass is 32.2. The van der Waals surface area contributed by atoms with Gasteiger partial charge in [0, 0.05) is 20.0 Å². The van der Waals surface area contributed by atoms with E-state index < -0.39 is 10.0 Å². The van der Waals surface area contributed by atoms with Crippen LogP contribution >= 0.6 is 0 Å². The third kappa shape index (κ3) is 2.94. The molecular formula is C13H18N2O4S. The lowest BCUT2D eigenvalue weighted by Crippen LogP contribution is -2.30. The van der Waals surface area contributed by atoms with E-state index in [1.807, 2.05) is 0 Å². The summed E-state index contributed by atoms with van der Waals surface area (Å²) in [5.41, 5.74) is 1.90. The highest BCUT2D eigenvalue weighted by Crippen LogP contribution is 2.29. The number of methoxy groups -OCH3 is 1. The van der Waals surface area contributed by atoms with E-state index in [1.54, 1.807) is 17.0 Å². The third-order valence-corrected chi connectivity index (χ3v) is 4.47. The fourth-order valence-corrected chi connectivity index (χ4v) is 3.16. The molecule has 0 bridgehead atoms. The van der Waals surface area contributed by atoms with Gasteiger partial charge < -0.3 is 9.64 Å². The van der Waals surface area contributed by atoms with Gasteiger partial charge in [-0.25, -0.2) is 13.6 Å². The monoisotopic (exact) mass is 298 g/mol. The van der Waals surface area contributed by atoms with Crippen LogP contribution in [0.4, 0.5) is 0 Å². The molecule has 7 heteroatoms. The van der Waals surface area contributed by atoms with Gasteiger partial charge in [-0.15, -0.1) is 0 Å². The van der Waals surface area contributed by atoms with Crippen LogP contribution in [0.25, 0.3) is 0 Å². The molecule has 1 aliphatic rings. The van der Waals surface area contributed by atoms with Crippen molar-refractivity contribution in [1.29, 1.82) is 0 Å². The van der Waals surface area contributed by atoms with E-state index in [2.05, 4.69) is 0 Å². The number of hydrogen-bond acceptors (Lipinski definition) is 4. The summed E-state index contributed by atoms with van der Waals surface area (Å²) in [5, 5.41) is 5.21. The number of carbonyl (C=O) groups excluding carboxylic acids is 1. The van der Waals surface area contributed by atoms with Crippen LogP contribution < -0.4 is 9.88 Å². The molecule has 0 unspecified atom stereocenters. The number of ether oxygens (including phenoxy) is 1. The molecule has 0 fully saturated rings. The zero-order valence-electron chi connectivity index (χ0n) is 11.5. The van der Waals surface area contributed by atoms with Crippen LogP contribution in [0, 0.1) is 0 Å². The Hall–Kier alpha value is -1.60. The molecule has 0 saturated carbocycles. The molecule has 0 saturated heterocycles. The molecule has 1 heterocycles. The van der Waals surface area contributed by atoms with Crippen LogP contribution in [0.5, 0.6) is 5.75 Å². The quantitative estimate of drug-likeness (QED) is 0.849. The summed E-state index contributed by atoms with van der Waals surface area (Å²) < 4.78 is 28.3. The summed E-state index contributed by atoms with van der Waals surface area (Å²) in [5.74, 6) is 0.277. The van der Waals surface area contributed by atoms with Gasteiger partial charge >= 0.3 is 0 Å².